The summed E-state index contributed by atoms with van der Waals surface area (Å²) in [7, 11) is 1.69. The summed E-state index contributed by atoms with van der Waals surface area (Å²) in [6.45, 7) is 3.41. The Morgan fingerprint density at radius 2 is 2.00 bits per heavy atom. The van der Waals surface area contributed by atoms with E-state index in [1.807, 2.05) is 0 Å². The van der Waals surface area contributed by atoms with E-state index in [2.05, 4.69) is 6.58 Å². The van der Waals surface area contributed by atoms with Crippen molar-refractivity contribution in [1.29, 1.82) is 0 Å². The molecule has 0 saturated carbocycles. The van der Waals surface area contributed by atoms with Crippen LogP contribution >= 0.6 is 11.6 Å². The zero-order valence-corrected chi connectivity index (χ0v) is 8.08. The van der Waals surface area contributed by atoms with Crippen molar-refractivity contribution >= 4 is 23.2 Å². The highest BCUT2D eigenvalue weighted by molar-refractivity contribution is 6.30. The average molecular weight is 196 g/mol. The van der Waals surface area contributed by atoms with Gasteiger partial charge < -0.3 is 4.90 Å². The Morgan fingerprint density at radius 1 is 1.46 bits per heavy atom. The van der Waals surface area contributed by atoms with Crippen molar-refractivity contribution in [3.8, 4) is 0 Å². The van der Waals surface area contributed by atoms with Gasteiger partial charge in [-0.1, -0.05) is 18.2 Å². The molecule has 0 aliphatic rings. The zero-order valence-electron chi connectivity index (χ0n) is 7.33. The molecule has 3 heteroatoms. The van der Waals surface area contributed by atoms with Crippen LogP contribution in [-0.2, 0) is 4.79 Å². The minimum absolute atomic E-state index is 0.137. The Balaban J connectivity index is 2.89. The van der Waals surface area contributed by atoms with E-state index in [4.69, 9.17) is 11.6 Å². The van der Waals surface area contributed by atoms with Crippen LogP contribution in [0, 0.1) is 0 Å². The molecule has 0 atom stereocenters. The summed E-state index contributed by atoms with van der Waals surface area (Å²) < 4.78 is 0. The zero-order chi connectivity index (χ0) is 9.84. The van der Waals surface area contributed by atoms with Gasteiger partial charge in [-0.15, -0.1) is 0 Å². The van der Waals surface area contributed by atoms with Crippen LogP contribution in [0.25, 0.3) is 0 Å². The smallest absolute Gasteiger partial charge is 0.250 e. The lowest BCUT2D eigenvalue weighted by molar-refractivity contribution is -0.113. The van der Waals surface area contributed by atoms with Gasteiger partial charge in [0.2, 0.25) is 5.91 Å². The second kappa shape index (κ2) is 4.10. The monoisotopic (exact) mass is 195 g/mol. The summed E-state index contributed by atoms with van der Waals surface area (Å²) in [5, 5.41) is 0.656. The van der Waals surface area contributed by atoms with Gasteiger partial charge in [-0.25, -0.2) is 0 Å². The van der Waals surface area contributed by atoms with Crippen LogP contribution < -0.4 is 4.90 Å². The summed E-state index contributed by atoms with van der Waals surface area (Å²) in [5.41, 5.74) is 0.800. The number of nitrogens with zero attached hydrogens (tertiary/aromatic N) is 1. The van der Waals surface area contributed by atoms with Crippen molar-refractivity contribution in [1.82, 2.24) is 0 Å². The molecule has 0 unspecified atom stereocenters. The van der Waals surface area contributed by atoms with Gasteiger partial charge >= 0.3 is 0 Å². The first-order valence-corrected chi connectivity index (χ1v) is 4.18. The van der Waals surface area contributed by atoms with Gasteiger partial charge in [0.05, 0.1) is 0 Å². The first kappa shape index (κ1) is 9.81. The van der Waals surface area contributed by atoms with Gasteiger partial charge in [0.1, 0.15) is 0 Å². The molecule has 0 spiro atoms. The van der Waals surface area contributed by atoms with E-state index in [0.717, 1.165) is 5.69 Å². The number of benzene rings is 1. The van der Waals surface area contributed by atoms with Gasteiger partial charge in [0.25, 0.3) is 0 Å². The lowest BCUT2D eigenvalue weighted by Crippen LogP contribution is -2.23. The first-order chi connectivity index (χ1) is 6.15. The maximum atomic E-state index is 11.2. The Labute approximate surface area is 82.4 Å². The van der Waals surface area contributed by atoms with E-state index in [1.54, 1.807) is 31.3 Å². The summed E-state index contributed by atoms with van der Waals surface area (Å²) in [6, 6.07) is 7.04. The van der Waals surface area contributed by atoms with Crippen LogP contribution in [0.3, 0.4) is 0 Å². The number of hydrogen-bond acceptors (Lipinski definition) is 1. The van der Waals surface area contributed by atoms with E-state index in [-0.39, 0.29) is 5.91 Å². The highest BCUT2D eigenvalue weighted by Gasteiger charge is 2.05. The lowest BCUT2D eigenvalue weighted by Gasteiger charge is -2.14. The fourth-order valence-corrected chi connectivity index (χ4v) is 1.05. The standard InChI is InChI=1S/C10H10ClNO/c1-3-10(13)12(2)9-6-4-8(11)5-7-9/h3-7H,1H2,2H3. The largest absolute Gasteiger partial charge is 0.312 e. The van der Waals surface area contributed by atoms with Crippen LogP contribution in [-0.4, -0.2) is 13.0 Å². The van der Waals surface area contributed by atoms with E-state index in [0.29, 0.717) is 5.02 Å². The highest BCUT2D eigenvalue weighted by atomic mass is 35.5. The van der Waals surface area contributed by atoms with E-state index in [9.17, 15) is 4.79 Å². The molecule has 0 heterocycles. The molecule has 0 aliphatic heterocycles. The molecule has 0 N–H and O–H groups in total. The molecule has 0 aliphatic carbocycles. The normalized spacial score (nSPS) is 9.38. The van der Waals surface area contributed by atoms with Crippen LogP contribution in [0.2, 0.25) is 5.02 Å². The predicted octanol–water partition coefficient (Wildman–Crippen LogP) is 2.49. The highest BCUT2D eigenvalue weighted by Crippen LogP contribution is 2.16. The average Bonchev–Trinajstić information content (AvgIpc) is 2.17. The number of halogens is 1. The summed E-state index contributed by atoms with van der Waals surface area (Å²) in [5.74, 6) is -0.137. The number of hydrogen-bond donors (Lipinski definition) is 0. The molecule has 13 heavy (non-hydrogen) atoms. The summed E-state index contributed by atoms with van der Waals surface area (Å²) >= 11 is 5.71. The molecule has 0 saturated heterocycles. The lowest BCUT2D eigenvalue weighted by atomic mass is 10.3. The number of anilines is 1. The first-order valence-electron chi connectivity index (χ1n) is 3.81. The van der Waals surface area contributed by atoms with Gasteiger partial charge in [0, 0.05) is 17.8 Å². The maximum absolute atomic E-state index is 11.2. The molecular weight excluding hydrogens is 186 g/mol. The van der Waals surface area contributed by atoms with Crippen molar-refractivity contribution < 1.29 is 4.79 Å². The molecule has 0 bridgehead atoms. The molecule has 0 aromatic heterocycles. The second-order valence-electron chi connectivity index (χ2n) is 2.58. The van der Waals surface area contributed by atoms with Crippen LogP contribution in [0.15, 0.2) is 36.9 Å². The third kappa shape index (κ3) is 2.33. The van der Waals surface area contributed by atoms with Crippen LogP contribution in [0.1, 0.15) is 0 Å². The molecule has 1 amide bonds. The van der Waals surface area contributed by atoms with Crippen molar-refractivity contribution in [2.24, 2.45) is 0 Å². The molecule has 68 valence electrons. The third-order valence-electron chi connectivity index (χ3n) is 1.72. The quantitative estimate of drug-likeness (QED) is 0.664. The van der Waals surface area contributed by atoms with Gasteiger partial charge in [-0.05, 0) is 30.3 Å². The third-order valence-corrected chi connectivity index (χ3v) is 1.97. The van der Waals surface area contributed by atoms with Crippen LogP contribution in [0.5, 0.6) is 0 Å². The van der Waals surface area contributed by atoms with Crippen molar-refractivity contribution in [3.63, 3.8) is 0 Å². The van der Waals surface area contributed by atoms with Gasteiger partial charge in [-0.2, -0.15) is 0 Å². The van der Waals surface area contributed by atoms with Crippen molar-refractivity contribution in [3.05, 3.63) is 41.9 Å². The molecule has 0 radical (unpaired) electrons. The predicted molar refractivity (Wildman–Crippen MR) is 55.1 cm³/mol. The topological polar surface area (TPSA) is 20.3 Å². The molecule has 1 aromatic carbocycles. The minimum atomic E-state index is -0.137. The van der Waals surface area contributed by atoms with Crippen molar-refractivity contribution in [2.45, 2.75) is 0 Å². The number of rotatable bonds is 2. The molecule has 1 rings (SSSR count). The summed E-state index contributed by atoms with van der Waals surface area (Å²) in [4.78, 5) is 12.7. The van der Waals surface area contributed by atoms with E-state index in [1.165, 1.54) is 11.0 Å². The molecular formula is C10H10ClNO. The molecule has 2 nitrogen and oxygen atoms in total. The Hall–Kier alpha value is -1.28. The SMILES string of the molecule is C=CC(=O)N(C)c1ccc(Cl)cc1. The molecule has 0 fully saturated rings. The Kier molecular flexibility index (Phi) is 3.09. The summed E-state index contributed by atoms with van der Waals surface area (Å²) in [6.07, 6.45) is 1.27. The maximum Gasteiger partial charge on any atom is 0.250 e. The fourth-order valence-electron chi connectivity index (χ4n) is 0.929. The fraction of sp³-hybridized carbons (Fsp3) is 0.100. The number of carbonyl (C=O) groups is 1. The van der Waals surface area contributed by atoms with E-state index < -0.39 is 0 Å². The van der Waals surface area contributed by atoms with Crippen molar-refractivity contribution in [2.75, 3.05) is 11.9 Å². The van der Waals surface area contributed by atoms with Crippen LogP contribution in [0.4, 0.5) is 5.69 Å². The Bertz CT molecular complexity index is 318. The minimum Gasteiger partial charge on any atom is -0.312 e. The van der Waals surface area contributed by atoms with E-state index >= 15 is 0 Å². The Morgan fingerprint density at radius 3 is 2.46 bits per heavy atom. The number of amides is 1. The second-order valence-corrected chi connectivity index (χ2v) is 3.01. The van der Waals surface area contributed by atoms with Gasteiger partial charge in [-0.3, -0.25) is 4.79 Å². The molecule has 1 aromatic rings. The van der Waals surface area contributed by atoms with Gasteiger partial charge in [0.15, 0.2) is 0 Å². The number of carbonyl (C=O) groups excluding carboxylic acids is 1. The number of likely N-dealkylation sites (N-methyl/N-ethyl adjacent to an activating group) is 1.